The largest absolute Gasteiger partial charge is 0.324 e. The molecule has 0 saturated heterocycles. The highest BCUT2D eigenvalue weighted by Gasteiger charge is 2.21. The number of aromatic nitrogens is 1. The number of carbonyl (C=O) groups excluding carboxylic acids is 1. The number of nitrogens with zero attached hydrogens (tertiary/aromatic N) is 2. The molecule has 2 N–H and O–H groups in total. The number of nitrogens with one attached hydrogen (secondary N) is 2. The molecule has 0 aliphatic carbocycles. The van der Waals surface area contributed by atoms with Crippen LogP contribution in [0.15, 0.2) is 109 Å². The summed E-state index contributed by atoms with van der Waals surface area (Å²) in [7, 11) is -3.41. The van der Waals surface area contributed by atoms with E-state index in [0.29, 0.717) is 57.9 Å². The maximum Gasteiger partial charge on any atom is 0.323 e. The van der Waals surface area contributed by atoms with Crippen molar-refractivity contribution < 1.29 is 17.6 Å². The Hall–Kier alpha value is -4.25. The molecule has 2 amide bonds. The summed E-state index contributed by atoms with van der Waals surface area (Å²) in [6.45, 7) is 0.708. The molecule has 0 bridgehead atoms. The number of sulfonamides is 1. The lowest BCUT2D eigenvalue weighted by Gasteiger charge is -2.26. The molecule has 5 aromatic rings. The lowest BCUT2D eigenvalue weighted by molar-refractivity contribution is 0.210. The maximum atomic E-state index is 14.5. The van der Waals surface area contributed by atoms with Gasteiger partial charge in [-0.2, -0.15) is 0 Å². The molecule has 4 aromatic carbocycles. The second-order valence-electron chi connectivity index (χ2n) is 10.5. The Morgan fingerprint density at radius 2 is 1.49 bits per heavy atom. The molecule has 0 aliphatic rings. The lowest BCUT2D eigenvalue weighted by Crippen LogP contribution is -2.38. The Morgan fingerprint density at radius 3 is 2.09 bits per heavy atom. The number of thiazole rings is 1. The number of rotatable bonds is 12. The molecule has 0 saturated carbocycles. The van der Waals surface area contributed by atoms with Crippen molar-refractivity contribution in [1.82, 2.24) is 9.88 Å². The molecule has 1 aromatic heterocycles. The van der Waals surface area contributed by atoms with Gasteiger partial charge in [-0.15, -0.1) is 0 Å². The van der Waals surface area contributed by atoms with E-state index in [4.69, 9.17) is 11.6 Å². The van der Waals surface area contributed by atoms with Crippen LogP contribution >= 0.6 is 22.9 Å². The Balaban J connectivity index is 1.35. The minimum absolute atomic E-state index is 0.0530. The zero-order chi connectivity index (χ0) is 31.8. The van der Waals surface area contributed by atoms with Gasteiger partial charge in [-0.3, -0.25) is 10.0 Å². The van der Waals surface area contributed by atoms with Gasteiger partial charge in [0.05, 0.1) is 6.26 Å². The Bertz CT molecular complexity index is 1800. The van der Waals surface area contributed by atoms with Gasteiger partial charge in [0, 0.05) is 30.3 Å². The van der Waals surface area contributed by atoms with Crippen LogP contribution in [0.4, 0.5) is 20.0 Å². The molecule has 0 aliphatic heterocycles. The lowest BCUT2D eigenvalue weighted by atomic mass is 9.88. The number of hydrogen-bond donors (Lipinski definition) is 2. The third kappa shape index (κ3) is 8.91. The Morgan fingerprint density at radius 1 is 0.889 bits per heavy atom. The van der Waals surface area contributed by atoms with Gasteiger partial charge in [-0.1, -0.05) is 114 Å². The smallest absolute Gasteiger partial charge is 0.323 e. The van der Waals surface area contributed by atoms with Crippen LogP contribution < -0.4 is 10.0 Å². The quantitative estimate of drug-likeness (QED) is 0.141. The van der Waals surface area contributed by atoms with Gasteiger partial charge >= 0.3 is 6.03 Å². The Labute approximate surface area is 271 Å². The predicted octanol–water partition coefficient (Wildman–Crippen LogP) is 8.27. The normalized spacial score (nSPS) is 11.4. The number of anilines is 2. The average Bonchev–Trinajstić information content (AvgIpc) is 3.39. The SMILES string of the molecule is CS(=O)(=O)Nc1ccc(-c2nc(NC(=O)N(CCc3ccccc3F)CCC(c3ccccc3)c3ccccc3)sc2Cl)cc1. The number of halogens is 2. The van der Waals surface area contributed by atoms with E-state index in [9.17, 15) is 17.6 Å². The number of hydrogen-bond acceptors (Lipinski definition) is 5. The highest BCUT2D eigenvalue weighted by Crippen LogP contribution is 2.36. The van der Waals surface area contributed by atoms with Crippen LogP contribution in [0.5, 0.6) is 0 Å². The number of urea groups is 1. The minimum Gasteiger partial charge on any atom is -0.324 e. The van der Waals surface area contributed by atoms with Gasteiger partial charge in [0.15, 0.2) is 5.13 Å². The zero-order valence-corrected chi connectivity index (χ0v) is 26.9. The maximum absolute atomic E-state index is 14.5. The zero-order valence-electron chi connectivity index (χ0n) is 24.5. The average molecular weight is 663 g/mol. The topological polar surface area (TPSA) is 91.4 Å². The van der Waals surface area contributed by atoms with E-state index in [2.05, 4.69) is 39.3 Å². The first-order chi connectivity index (χ1) is 21.7. The van der Waals surface area contributed by atoms with E-state index in [1.54, 1.807) is 47.4 Å². The van der Waals surface area contributed by atoms with Gasteiger partial charge in [-0.05, 0) is 47.7 Å². The van der Waals surface area contributed by atoms with E-state index < -0.39 is 10.0 Å². The van der Waals surface area contributed by atoms with Crippen molar-refractivity contribution in [2.45, 2.75) is 18.8 Å². The van der Waals surface area contributed by atoms with Crippen LogP contribution in [-0.2, 0) is 16.4 Å². The monoisotopic (exact) mass is 662 g/mol. The molecular weight excluding hydrogens is 631 g/mol. The molecule has 0 unspecified atom stereocenters. The third-order valence-corrected chi connectivity index (χ3v) is 9.03. The molecular formula is C34H32ClFN4O3S2. The molecule has 45 heavy (non-hydrogen) atoms. The fourth-order valence-corrected chi connectivity index (χ4v) is 6.71. The van der Waals surface area contributed by atoms with Crippen molar-refractivity contribution >= 4 is 49.8 Å². The third-order valence-electron chi connectivity index (χ3n) is 7.25. The molecule has 1 heterocycles. The first kappa shape index (κ1) is 32.2. The predicted molar refractivity (Wildman–Crippen MR) is 181 cm³/mol. The van der Waals surface area contributed by atoms with Gasteiger partial charge in [0.1, 0.15) is 15.8 Å². The molecule has 0 fully saturated rings. The molecule has 5 rings (SSSR count). The van der Waals surface area contributed by atoms with Crippen LogP contribution in [0.25, 0.3) is 11.3 Å². The van der Waals surface area contributed by atoms with Gasteiger partial charge in [0.25, 0.3) is 0 Å². The van der Waals surface area contributed by atoms with E-state index in [1.807, 2.05) is 36.4 Å². The Kier molecular flexibility index (Phi) is 10.5. The van der Waals surface area contributed by atoms with Crippen LogP contribution in [0.2, 0.25) is 4.34 Å². The van der Waals surface area contributed by atoms with Crippen molar-refractivity contribution in [2.75, 3.05) is 29.4 Å². The summed E-state index contributed by atoms with van der Waals surface area (Å²) in [5, 5.41) is 3.21. The molecule has 0 spiro atoms. The second-order valence-corrected chi connectivity index (χ2v) is 13.9. The van der Waals surface area contributed by atoms with Crippen LogP contribution in [0.3, 0.4) is 0 Å². The molecule has 11 heteroatoms. The summed E-state index contributed by atoms with van der Waals surface area (Å²) < 4.78 is 40.4. The molecule has 7 nitrogen and oxygen atoms in total. The summed E-state index contributed by atoms with van der Waals surface area (Å²) >= 11 is 7.65. The fraction of sp³-hybridized carbons (Fsp3) is 0.176. The van der Waals surface area contributed by atoms with E-state index in [0.717, 1.165) is 28.7 Å². The summed E-state index contributed by atoms with van der Waals surface area (Å²) in [4.78, 5) is 20.0. The van der Waals surface area contributed by atoms with E-state index in [-0.39, 0.29) is 17.8 Å². The van der Waals surface area contributed by atoms with E-state index in [1.165, 1.54) is 6.07 Å². The highest BCUT2D eigenvalue weighted by molar-refractivity contribution is 7.92. The number of benzene rings is 4. The summed E-state index contributed by atoms with van der Waals surface area (Å²) in [5.74, 6) is -0.254. The summed E-state index contributed by atoms with van der Waals surface area (Å²) in [6.07, 6.45) is 2.08. The van der Waals surface area contributed by atoms with Crippen molar-refractivity contribution in [3.05, 3.63) is 136 Å². The summed E-state index contributed by atoms with van der Waals surface area (Å²) in [6, 6.07) is 33.2. The number of amides is 2. The highest BCUT2D eigenvalue weighted by atomic mass is 35.5. The van der Waals surface area contributed by atoms with Crippen molar-refractivity contribution in [2.24, 2.45) is 0 Å². The summed E-state index contributed by atoms with van der Waals surface area (Å²) in [5.41, 5.74) is 4.37. The van der Waals surface area contributed by atoms with Gasteiger partial charge < -0.3 is 4.90 Å². The van der Waals surface area contributed by atoms with Gasteiger partial charge in [0.2, 0.25) is 10.0 Å². The second kappa shape index (κ2) is 14.7. The first-order valence-corrected chi connectivity index (χ1v) is 17.4. The molecule has 0 radical (unpaired) electrons. The standard InChI is InChI=1S/C34H32ClFN4O3S2/c1-45(42,43)39-28-18-16-27(17-19-28)31-32(35)44-33(37-31)38-34(41)40(22-20-26-14-8-9-15-30(26)36)23-21-29(24-10-4-2-5-11-24)25-12-6-3-7-13-25/h2-19,29,39H,20-23H2,1H3,(H,37,38,41). The minimum atomic E-state index is -3.41. The van der Waals surface area contributed by atoms with Crippen LogP contribution in [0, 0.1) is 5.82 Å². The van der Waals surface area contributed by atoms with Crippen LogP contribution in [0.1, 0.15) is 29.0 Å². The van der Waals surface area contributed by atoms with Crippen molar-refractivity contribution in [3.63, 3.8) is 0 Å². The molecule has 232 valence electrons. The molecule has 0 atom stereocenters. The van der Waals surface area contributed by atoms with Crippen molar-refractivity contribution in [3.8, 4) is 11.3 Å². The van der Waals surface area contributed by atoms with Gasteiger partial charge in [-0.25, -0.2) is 22.6 Å². The number of carbonyl (C=O) groups is 1. The fourth-order valence-electron chi connectivity index (χ4n) is 5.07. The van der Waals surface area contributed by atoms with E-state index >= 15 is 0 Å². The first-order valence-electron chi connectivity index (χ1n) is 14.3. The van der Waals surface area contributed by atoms with Crippen LogP contribution in [-0.4, -0.2) is 43.7 Å². The van der Waals surface area contributed by atoms with Crippen molar-refractivity contribution in [1.29, 1.82) is 0 Å².